The number of hydrogen-bond acceptors (Lipinski definition) is 6. The van der Waals surface area contributed by atoms with Crippen molar-refractivity contribution in [2.45, 2.75) is 0 Å². The van der Waals surface area contributed by atoms with E-state index in [2.05, 4.69) is 57.1 Å². The van der Waals surface area contributed by atoms with E-state index in [0.29, 0.717) is 21.3 Å². The number of hydrogen-bond donors (Lipinski definition) is 2. The molecule has 4 aromatic rings. The fraction of sp³-hybridized carbons (Fsp3) is 0. The molecular formula is C20H15Br2Cl3N6. The molecule has 160 valence electrons. The topological polar surface area (TPSA) is 89.6 Å². The first kappa shape index (κ1) is 25.3. The van der Waals surface area contributed by atoms with Crippen LogP contribution < -0.4 is 11.1 Å². The number of halogens is 5. The van der Waals surface area contributed by atoms with E-state index < -0.39 is 0 Å². The summed E-state index contributed by atoms with van der Waals surface area (Å²) in [5, 5.41) is 4.27. The van der Waals surface area contributed by atoms with Gasteiger partial charge in [0.1, 0.15) is 33.9 Å². The molecule has 0 aliphatic carbocycles. The second-order valence-electron chi connectivity index (χ2n) is 5.58. The van der Waals surface area contributed by atoms with E-state index >= 15 is 0 Å². The highest BCUT2D eigenvalue weighted by atomic mass is 79.9. The molecule has 0 unspecified atom stereocenters. The summed E-state index contributed by atoms with van der Waals surface area (Å²) in [6.07, 6.45) is 2.73. The Bertz CT molecular complexity index is 996. The lowest BCUT2D eigenvalue weighted by atomic mass is 10.3. The van der Waals surface area contributed by atoms with E-state index in [-0.39, 0.29) is 0 Å². The Morgan fingerprint density at radius 1 is 0.677 bits per heavy atom. The van der Waals surface area contributed by atoms with Crippen molar-refractivity contribution >= 4 is 83.9 Å². The van der Waals surface area contributed by atoms with Gasteiger partial charge in [-0.05, 0) is 36.4 Å². The molecule has 2 aromatic carbocycles. The molecule has 2 heterocycles. The molecule has 4 rings (SSSR count). The Balaban J connectivity index is 0.000000181. The van der Waals surface area contributed by atoms with Crippen LogP contribution >= 0.6 is 66.7 Å². The lowest BCUT2D eigenvalue weighted by Crippen LogP contribution is -1.93. The van der Waals surface area contributed by atoms with Gasteiger partial charge in [-0.15, -0.1) is 0 Å². The van der Waals surface area contributed by atoms with E-state index in [1.54, 1.807) is 6.07 Å². The van der Waals surface area contributed by atoms with Crippen LogP contribution in [0.1, 0.15) is 0 Å². The van der Waals surface area contributed by atoms with Gasteiger partial charge in [-0.3, -0.25) is 0 Å². The highest BCUT2D eigenvalue weighted by Gasteiger charge is 1.97. The molecule has 0 amide bonds. The summed E-state index contributed by atoms with van der Waals surface area (Å²) in [5.41, 5.74) is 7.16. The molecule has 0 atom stereocenters. The number of aromatic nitrogens is 4. The number of nitrogens with zero attached hydrogens (tertiary/aromatic N) is 4. The third-order valence-electron chi connectivity index (χ3n) is 3.18. The minimum Gasteiger partial charge on any atom is -0.399 e. The average Bonchev–Trinajstić information content (AvgIpc) is 2.69. The van der Waals surface area contributed by atoms with E-state index in [9.17, 15) is 0 Å². The van der Waals surface area contributed by atoms with Gasteiger partial charge in [-0.25, -0.2) is 19.9 Å². The van der Waals surface area contributed by atoms with E-state index in [1.165, 1.54) is 18.7 Å². The molecule has 0 aliphatic rings. The first-order valence-electron chi connectivity index (χ1n) is 8.46. The van der Waals surface area contributed by atoms with E-state index in [0.717, 1.165) is 20.3 Å². The second-order valence-corrected chi connectivity index (χ2v) is 8.57. The van der Waals surface area contributed by atoms with Crippen molar-refractivity contribution in [1.29, 1.82) is 0 Å². The van der Waals surface area contributed by atoms with Gasteiger partial charge in [-0.2, -0.15) is 0 Å². The van der Waals surface area contributed by atoms with Crippen LogP contribution in [0.5, 0.6) is 0 Å². The summed E-state index contributed by atoms with van der Waals surface area (Å²) < 4.78 is 2.03. The molecule has 31 heavy (non-hydrogen) atoms. The number of benzene rings is 2. The minimum atomic E-state index is 0.366. The van der Waals surface area contributed by atoms with Gasteiger partial charge in [0, 0.05) is 32.5 Å². The average molecular weight is 606 g/mol. The van der Waals surface area contributed by atoms with Crippen molar-refractivity contribution in [3.8, 4) is 0 Å². The van der Waals surface area contributed by atoms with Crippen LogP contribution in [-0.4, -0.2) is 19.9 Å². The monoisotopic (exact) mass is 602 g/mol. The SMILES string of the molecule is Clc1cc(Cl)ncn1.Clc1cc(Nc2cccc(Br)c2)ncn1.Nc1cccc(Br)c1. The van der Waals surface area contributed by atoms with Crippen LogP contribution in [0.2, 0.25) is 15.5 Å². The van der Waals surface area contributed by atoms with E-state index in [4.69, 9.17) is 40.5 Å². The zero-order valence-electron chi connectivity index (χ0n) is 15.7. The molecule has 6 nitrogen and oxygen atoms in total. The van der Waals surface area contributed by atoms with Crippen LogP contribution in [0, 0.1) is 0 Å². The lowest BCUT2D eigenvalue weighted by Gasteiger charge is -2.05. The molecule has 0 fully saturated rings. The standard InChI is InChI=1S/C10H7BrClN3.C6H6BrN.C4H2Cl2N2/c11-7-2-1-3-8(4-7)15-10-5-9(12)13-6-14-10;7-5-2-1-3-6(8)4-5;5-3-1-4(6)8-2-7-3/h1-6H,(H,13,14,15);1-4H,8H2;1-2H. The Morgan fingerprint density at radius 2 is 1.23 bits per heavy atom. The maximum atomic E-state index is 5.74. The zero-order chi connectivity index (χ0) is 22.6. The predicted octanol–water partition coefficient (Wildman–Crippen LogP) is 7.45. The van der Waals surface area contributed by atoms with Crippen LogP contribution in [-0.2, 0) is 0 Å². The first-order chi connectivity index (χ1) is 14.8. The normalized spacial score (nSPS) is 9.58. The maximum Gasteiger partial charge on any atom is 0.135 e. The smallest absolute Gasteiger partial charge is 0.135 e. The largest absolute Gasteiger partial charge is 0.399 e. The molecule has 0 spiro atoms. The van der Waals surface area contributed by atoms with Crippen molar-refractivity contribution < 1.29 is 0 Å². The van der Waals surface area contributed by atoms with Crippen molar-refractivity contribution in [2.75, 3.05) is 11.1 Å². The van der Waals surface area contributed by atoms with Crippen LogP contribution in [0.15, 0.2) is 82.3 Å². The van der Waals surface area contributed by atoms with Gasteiger partial charge >= 0.3 is 0 Å². The van der Waals surface area contributed by atoms with Crippen molar-refractivity contribution in [3.05, 3.63) is 97.7 Å². The Morgan fingerprint density at radius 3 is 1.68 bits per heavy atom. The second kappa shape index (κ2) is 13.4. The van der Waals surface area contributed by atoms with Gasteiger partial charge in [0.05, 0.1) is 0 Å². The van der Waals surface area contributed by atoms with Gasteiger partial charge in [-0.1, -0.05) is 78.8 Å². The first-order valence-corrected chi connectivity index (χ1v) is 11.2. The third kappa shape index (κ3) is 10.8. The summed E-state index contributed by atoms with van der Waals surface area (Å²) >= 11 is 23.2. The van der Waals surface area contributed by atoms with Crippen molar-refractivity contribution in [3.63, 3.8) is 0 Å². The quantitative estimate of drug-likeness (QED) is 0.182. The van der Waals surface area contributed by atoms with E-state index in [1.807, 2.05) is 48.5 Å². The van der Waals surface area contributed by atoms with Gasteiger partial charge in [0.25, 0.3) is 0 Å². The molecule has 0 saturated carbocycles. The zero-order valence-corrected chi connectivity index (χ0v) is 21.1. The molecular weight excluding hydrogens is 590 g/mol. The molecule has 0 bridgehead atoms. The molecule has 11 heteroatoms. The highest BCUT2D eigenvalue weighted by Crippen LogP contribution is 2.20. The molecule has 0 saturated heterocycles. The van der Waals surface area contributed by atoms with Crippen LogP contribution in [0.3, 0.4) is 0 Å². The van der Waals surface area contributed by atoms with Crippen LogP contribution in [0.4, 0.5) is 17.2 Å². The van der Waals surface area contributed by atoms with Crippen LogP contribution in [0.25, 0.3) is 0 Å². The summed E-state index contributed by atoms with van der Waals surface area (Å²) in [7, 11) is 0. The van der Waals surface area contributed by atoms with Crippen molar-refractivity contribution in [2.24, 2.45) is 0 Å². The Hall–Kier alpha value is -1.97. The fourth-order valence-corrected chi connectivity index (χ4v) is 3.25. The maximum absolute atomic E-state index is 5.74. The summed E-state index contributed by atoms with van der Waals surface area (Å²) in [6, 6.07) is 18.5. The molecule has 3 N–H and O–H groups in total. The fourth-order valence-electron chi connectivity index (χ4n) is 1.93. The molecule has 0 radical (unpaired) electrons. The summed E-state index contributed by atoms with van der Waals surface area (Å²) in [6.45, 7) is 0. The predicted molar refractivity (Wildman–Crippen MR) is 135 cm³/mol. The van der Waals surface area contributed by atoms with Gasteiger partial charge in [0.2, 0.25) is 0 Å². The minimum absolute atomic E-state index is 0.366. The number of rotatable bonds is 2. The summed E-state index contributed by atoms with van der Waals surface area (Å²) in [5.74, 6) is 0.674. The molecule has 0 aliphatic heterocycles. The van der Waals surface area contributed by atoms with Crippen molar-refractivity contribution in [1.82, 2.24) is 19.9 Å². The van der Waals surface area contributed by atoms with Gasteiger partial charge < -0.3 is 11.1 Å². The number of nitrogens with two attached hydrogens (primary N) is 1. The summed E-state index contributed by atoms with van der Waals surface area (Å²) in [4.78, 5) is 15.1. The highest BCUT2D eigenvalue weighted by molar-refractivity contribution is 9.10. The number of nitrogens with one attached hydrogen (secondary N) is 1. The third-order valence-corrected chi connectivity index (χ3v) is 4.79. The number of anilines is 3. The van der Waals surface area contributed by atoms with Gasteiger partial charge in [0.15, 0.2) is 0 Å². The molecule has 2 aromatic heterocycles. The Labute approximate surface area is 211 Å². The Kier molecular flexibility index (Phi) is 11.0. The lowest BCUT2D eigenvalue weighted by molar-refractivity contribution is 1.17. The number of nitrogen functional groups attached to an aromatic ring is 1.